The van der Waals surface area contributed by atoms with Gasteiger partial charge in [-0.3, -0.25) is 0 Å². The fourth-order valence-electron chi connectivity index (χ4n) is 1.11. The molecule has 0 unspecified atom stereocenters. The second-order valence-electron chi connectivity index (χ2n) is 2.91. The first-order valence-electron chi connectivity index (χ1n) is 4.82. The summed E-state index contributed by atoms with van der Waals surface area (Å²) in [6.45, 7) is 0.677. The molecule has 0 saturated heterocycles. The molecule has 1 rings (SSSR count). The molecular weight excluding hydrogens is 228 g/mol. The summed E-state index contributed by atoms with van der Waals surface area (Å²) < 4.78 is 15.2. The molecule has 0 radical (unpaired) electrons. The summed E-state index contributed by atoms with van der Waals surface area (Å²) in [4.78, 5) is 8.48. The molecule has 0 fully saturated rings. The van der Waals surface area contributed by atoms with E-state index in [0.717, 1.165) is 11.4 Å². The van der Waals surface area contributed by atoms with Crippen LogP contribution in [-0.2, 0) is 14.2 Å². The van der Waals surface area contributed by atoms with E-state index in [2.05, 4.69) is 9.97 Å². The normalized spacial score (nSPS) is 11.0. The molecule has 6 heteroatoms. The maximum Gasteiger partial charge on any atom is 0.200 e. The third-order valence-corrected chi connectivity index (χ3v) is 2.67. The number of ether oxygens (including phenoxy) is 3. The van der Waals surface area contributed by atoms with Crippen molar-refractivity contribution in [1.82, 2.24) is 9.97 Å². The van der Waals surface area contributed by atoms with Crippen molar-refractivity contribution in [3.8, 4) is 0 Å². The fourth-order valence-corrected chi connectivity index (χ4v) is 1.85. The third kappa shape index (κ3) is 4.05. The zero-order chi connectivity index (χ0) is 11.8. The zero-order valence-electron chi connectivity index (χ0n) is 9.67. The molecule has 90 valence electrons. The Morgan fingerprint density at radius 1 is 1.31 bits per heavy atom. The molecule has 0 N–H and O–H groups in total. The van der Waals surface area contributed by atoms with Crippen LogP contribution in [0.4, 0.5) is 0 Å². The fraction of sp³-hybridized carbons (Fsp3) is 0.600. The first kappa shape index (κ1) is 13.4. The first-order chi connectivity index (χ1) is 7.81. The minimum absolute atomic E-state index is 0.440. The summed E-state index contributed by atoms with van der Waals surface area (Å²) in [5, 5.41) is 0.702. The second kappa shape index (κ2) is 7.56. The number of rotatable bonds is 7. The van der Waals surface area contributed by atoms with E-state index in [1.807, 2.05) is 0 Å². The topological polar surface area (TPSA) is 53.5 Å². The molecule has 0 aliphatic carbocycles. The van der Waals surface area contributed by atoms with E-state index < -0.39 is 6.29 Å². The lowest BCUT2D eigenvalue weighted by Gasteiger charge is -2.12. The third-order valence-electron chi connectivity index (χ3n) is 1.84. The Balaban J connectivity index is 2.62. The number of thioether (sulfide) groups is 1. The van der Waals surface area contributed by atoms with Gasteiger partial charge in [-0.1, -0.05) is 11.8 Å². The van der Waals surface area contributed by atoms with E-state index in [0.29, 0.717) is 11.8 Å². The molecule has 0 atom stereocenters. The van der Waals surface area contributed by atoms with Crippen molar-refractivity contribution in [3.05, 3.63) is 18.0 Å². The highest BCUT2D eigenvalue weighted by Gasteiger charge is 2.11. The molecule has 1 aromatic heterocycles. The van der Waals surface area contributed by atoms with E-state index in [1.54, 1.807) is 33.6 Å². The Morgan fingerprint density at radius 3 is 2.69 bits per heavy atom. The Hall–Kier alpha value is -0.690. The van der Waals surface area contributed by atoms with Gasteiger partial charge in [0, 0.05) is 33.3 Å². The van der Waals surface area contributed by atoms with Gasteiger partial charge in [-0.15, -0.1) is 0 Å². The van der Waals surface area contributed by atoms with Gasteiger partial charge in [-0.25, -0.2) is 9.97 Å². The molecule has 0 aliphatic rings. The van der Waals surface area contributed by atoms with Gasteiger partial charge in [0.15, 0.2) is 5.16 Å². The maximum absolute atomic E-state index is 5.12. The first-order valence-corrected chi connectivity index (χ1v) is 5.80. The Kier molecular flexibility index (Phi) is 6.32. The van der Waals surface area contributed by atoms with Gasteiger partial charge < -0.3 is 14.2 Å². The van der Waals surface area contributed by atoms with Crippen LogP contribution in [0.2, 0.25) is 0 Å². The van der Waals surface area contributed by atoms with Gasteiger partial charge in [0.2, 0.25) is 6.29 Å². The van der Waals surface area contributed by atoms with Crippen molar-refractivity contribution in [2.24, 2.45) is 0 Å². The number of aromatic nitrogens is 2. The van der Waals surface area contributed by atoms with E-state index in [-0.39, 0.29) is 0 Å². The van der Waals surface area contributed by atoms with Gasteiger partial charge in [-0.05, 0) is 6.07 Å². The lowest BCUT2D eigenvalue weighted by Crippen LogP contribution is -2.07. The van der Waals surface area contributed by atoms with Gasteiger partial charge in [-0.2, -0.15) is 0 Å². The lowest BCUT2D eigenvalue weighted by atomic mass is 10.4. The highest BCUT2D eigenvalue weighted by atomic mass is 32.2. The van der Waals surface area contributed by atoms with Crippen LogP contribution in [0.15, 0.2) is 17.4 Å². The monoisotopic (exact) mass is 244 g/mol. The largest absolute Gasteiger partial charge is 0.384 e. The van der Waals surface area contributed by atoms with Crippen molar-refractivity contribution < 1.29 is 14.2 Å². The number of methoxy groups -OCH3 is 3. The summed E-state index contributed by atoms with van der Waals surface area (Å²) in [5.74, 6) is 0.824. The highest BCUT2D eigenvalue weighted by Crippen LogP contribution is 2.18. The quantitative estimate of drug-likeness (QED) is 0.313. The predicted octanol–water partition coefficient (Wildman–Crippen LogP) is 1.51. The van der Waals surface area contributed by atoms with Crippen LogP contribution in [0, 0.1) is 0 Å². The molecule has 5 nitrogen and oxygen atoms in total. The summed E-state index contributed by atoms with van der Waals surface area (Å²) in [6, 6.07) is 1.78. The van der Waals surface area contributed by atoms with Crippen molar-refractivity contribution in [1.29, 1.82) is 0 Å². The van der Waals surface area contributed by atoms with Crippen molar-refractivity contribution in [3.63, 3.8) is 0 Å². The molecule has 0 aliphatic heterocycles. The van der Waals surface area contributed by atoms with Crippen molar-refractivity contribution in [2.75, 3.05) is 33.7 Å². The summed E-state index contributed by atoms with van der Waals surface area (Å²) >= 11 is 1.54. The van der Waals surface area contributed by atoms with Crippen LogP contribution in [-0.4, -0.2) is 43.7 Å². The summed E-state index contributed by atoms with van der Waals surface area (Å²) in [5.41, 5.74) is 0.722. The Morgan fingerprint density at radius 2 is 2.06 bits per heavy atom. The van der Waals surface area contributed by atoms with E-state index in [1.165, 1.54) is 11.8 Å². The summed E-state index contributed by atoms with van der Waals surface area (Å²) in [7, 11) is 4.83. The second-order valence-corrected chi connectivity index (χ2v) is 3.97. The zero-order valence-corrected chi connectivity index (χ0v) is 10.5. The molecule has 0 bridgehead atoms. The molecule has 0 spiro atoms. The average Bonchev–Trinajstić information content (AvgIpc) is 2.32. The lowest BCUT2D eigenvalue weighted by molar-refractivity contribution is -0.109. The molecule has 1 aromatic rings. The minimum Gasteiger partial charge on any atom is -0.384 e. The van der Waals surface area contributed by atoms with Gasteiger partial charge in [0.25, 0.3) is 0 Å². The molecule has 16 heavy (non-hydrogen) atoms. The Bertz CT molecular complexity index is 308. The van der Waals surface area contributed by atoms with Crippen LogP contribution in [0.1, 0.15) is 12.0 Å². The summed E-state index contributed by atoms with van der Waals surface area (Å²) in [6.07, 6.45) is 1.26. The SMILES string of the molecule is COCCSc1nccc(C(OC)OC)n1. The van der Waals surface area contributed by atoms with Crippen molar-refractivity contribution >= 4 is 11.8 Å². The van der Waals surface area contributed by atoms with Crippen LogP contribution in [0.25, 0.3) is 0 Å². The van der Waals surface area contributed by atoms with Gasteiger partial charge >= 0.3 is 0 Å². The van der Waals surface area contributed by atoms with Crippen LogP contribution in [0.5, 0.6) is 0 Å². The molecular formula is C10H16N2O3S. The average molecular weight is 244 g/mol. The van der Waals surface area contributed by atoms with Crippen LogP contribution >= 0.6 is 11.8 Å². The van der Waals surface area contributed by atoms with Gasteiger partial charge in [0.1, 0.15) is 5.69 Å². The van der Waals surface area contributed by atoms with E-state index in [4.69, 9.17) is 14.2 Å². The maximum atomic E-state index is 5.12. The van der Waals surface area contributed by atoms with Gasteiger partial charge in [0.05, 0.1) is 6.61 Å². The van der Waals surface area contributed by atoms with E-state index in [9.17, 15) is 0 Å². The molecule has 0 aromatic carbocycles. The number of nitrogens with zero attached hydrogens (tertiary/aromatic N) is 2. The number of hydrogen-bond acceptors (Lipinski definition) is 6. The molecule has 0 saturated carbocycles. The molecule has 0 amide bonds. The highest BCUT2D eigenvalue weighted by molar-refractivity contribution is 7.99. The standard InChI is InChI=1S/C10H16N2O3S/c1-13-6-7-16-10-11-5-4-8(12-10)9(14-2)15-3/h4-5,9H,6-7H2,1-3H3. The smallest absolute Gasteiger partial charge is 0.200 e. The van der Waals surface area contributed by atoms with Crippen molar-refractivity contribution in [2.45, 2.75) is 11.4 Å². The Labute approximate surface area is 99.5 Å². The number of hydrogen-bond donors (Lipinski definition) is 0. The predicted molar refractivity (Wildman–Crippen MR) is 61.4 cm³/mol. The minimum atomic E-state index is -0.440. The van der Waals surface area contributed by atoms with Crippen LogP contribution < -0.4 is 0 Å². The van der Waals surface area contributed by atoms with Crippen LogP contribution in [0.3, 0.4) is 0 Å². The van der Waals surface area contributed by atoms with E-state index >= 15 is 0 Å². The molecule has 1 heterocycles.